The van der Waals surface area contributed by atoms with Gasteiger partial charge in [-0.2, -0.15) is 10.1 Å². The number of amides is 1. The van der Waals surface area contributed by atoms with Gasteiger partial charge in [0.15, 0.2) is 0 Å². The molecular weight excluding hydrogens is 206 g/mol. The number of aromatic amines is 1. The number of nitrogens with zero attached hydrogens (tertiary/aromatic N) is 3. The molecule has 78 valence electrons. The fourth-order valence-corrected chi connectivity index (χ4v) is 1.57. The van der Waals surface area contributed by atoms with E-state index in [1.54, 1.807) is 0 Å². The molecule has 1 amide bonds. The molecule has 3 rings (SSSR count). The van der Waals surface area contributed by atoms with Crippen molar-refractivity contribution in [2.24, 2.45) is 4.99 Å². The molecule has 6 heteroatoms. The van der Waals surface area contributed by atoms with Crippen molar-refractivity contribution in [2.75, 3.05) is 5.32 Å². The Bertz CT molecular complexity index is 573. The van der Waals surface area contributed by atoms with Crippen molar-refractivity contribution in [1.29, 1.82) is 0 Å². The molecule has 0 aliphatic carbocycles. The fourth-order valence-electron chi connectivity index (χ4n) is 1.57. The number of rotatable bonds is 1. The summed E-state index contributed by atoms with van der Waals surface area (Å²) < 4.78 is 0. The molecule has 16 heavy (non-hydrogen) atoms. The Morgan fingerprint density at radius 2 is 2.12 bits per heavy atom. The third-order valence-electron chi connectivity index (χ3n) is 2.27. The third kappa shape index (κ3) is 1.28. The summed E-state index contributed by atoms with van der Waals surface area (Å²) in [5.74, 6) is 0.0967. The SMILES string of the molecule is O=C1Nc2ccccc2/C1=N/c1ncn[nH]1. The average molecular weight is 213 g/mol. The lowest BCUT2D eigenvalue weighted by molar-refractivity contribution is -0.110. The van der Waals surface area contributed by atoms with Crippen LogP contribution in [0.3, 0.4) is 0 Å². The number of aromatic nitrogens is 3. The van der Waals surface area contributed by atoms with Gasteiger partial charge in [0.1, 0.15) is 12.0 Å². The maximum Gasteiger partial charge on any atom is 0.275 e. The van der Waals surface area contributed by atoms with E-state index in [-0.39, 0.29) is 5.91 Å². The second kappa shape index (κ2) is 3.27. The van der Waals surface area contributed by atoms with E-state index in [4.69, 9.17) is 0 Å². The minimum Gasteiger partial charge on any atom is -0.320 e. The Labute approximate surface area is 90.4 Å². The number of anilines is 1. The van der Waals surface area contributed by atoms with Crippen LogP contribution in [0.25, 0.3) is 0 Å². The normalized spacial score (nSPS) is 16.2. The highest BCUT2D eigenvalue weighted by molar-refractivity contribution is 6.54. The number of hydrogen-bond donors (Lipinski definition) is 2. The summed E-state index contributed by atoms with van der Waals surface area (Å²) in [7, 11) is 0. The molecule has 0 fully saturated rings. The first-order valence-electron chi connectivity index (χ1n) is 4.69. The van der Waals surface area contributed by atoms with Crippen LogP contribution in [0.2, 0.25) is 0 Å². The van der Waals surface area contributed by atoms with E-state index in [1.165, 1.54) is 6.33 Å². The van der Waals surface area contributed by atoms with Crippen LogP contribution in [0.4, 0.5) is 11.6 Å². The van der Waals surface area contributed by atoms with Crippen molar-refractivity contribution in [3.05, 3.63) is 36.2 Å². The van der Waals surface area contributed by atoms with Gasteiger partial charge in [-0.1, -0.05) is 18.2 Å². The number of carbonyl (C=O) groups is 1. The van der Waals surface area contributed by atoms with E-state index in [9.17, 15) is 4.79 Å². The lowest BCUT2D eigenvalue weighted by Gasteiger charge is -1.94. The largest absolute Gasteiger partial charge is 0.320 e. The Kier molecular flexibility index (Phi) is 1.79. The van der Waals surface area contributed by atoms with Crippen molar-refractivity contribution in [1.82, 2.24) is 15.2 Å². The zero-order chi connectivity index (χ0) is 11.0. The van der Waals surface area contributed by atoms with Gasteiger partial charge in [0.25, 0.3) is 5.91 Å². The molecule has 0 saturated carbocycles. The van der Waals surface area contributed by atoms with E-state index in [2.05, 4.69) is 25.5 Å². The second-order valence-electron chi connectivity index (χ2n) is 3.27. The van der Waals surface area contributed by atoms with Crippen LogP contribution >= 0.6 is 0 Å². The van der Waals surface area contributed by atoms with Crippen molar-refractivity contribution < 1.29 is 4.79 Å². The summed E-state index contributed by atoms with van der Waals surface area (Å²) >= 11 is 0. The van der Waals surface area contributed by atoms with Gasteiger partial charge in [0.2, 0.25) is 5.95 Å². The fraction of sp³-hybridized carbons (Fsp3) is 0. The van der Waals surface area contributed by atoms with Crippen LogP contribution in [0.15, 0.2) is 35.6 Å². The number of H-pyrrole nitrogens is 1. The summed E-state index contributed by atoms with van der Waals surface area (Å²) in [6.45, 7) is 0. The van der Waals surface area contributed by atoms with Crippen LogP contribution in [0.5, 0.6) is 0 Å². The maximum absolute atomic E-state index is 11.7. The molecule has 0 unspecified atom stereocenters. The Morgan fingerprint density at radius 1 is 1.25 bits per heavy atom. The van der Waals surface area contributed by atoms with E-state index in [0.717, 1.165) is 11.3 Å². The quantitative estimate of drug-likeness (QED) is 0.737. The monoisotopic (exact) mass is 213 g/mol. The summed E-state index contributed by atoms with van der Waals surface area (Å²) in [6.07, 6.45) is 1.35. The van der Waals surface area contributed by atoms with Gasteiger partial charge in [0.05, 0.1) is 5.69 Å². The van der Waals surface area contributed by atoms with Crippen molar-refractivity contribution in [3.63, 3.8) is 0 Å². The molecule has 1 aromatic carbocycles. The van der Waals surface area contributed by atoms with Gasteiger partial charge in [-0.25, -0.2) is 10.1 Å². The van der Waals surface area contributed by atoms with Crippen molar-refractivity contribution in [3.8, 4) is 0 Å². The average Bonchev–Trinajstić information content (AvgIpc) is 2.89. The standard InChI is InChI=1S/C10H7N5O/c16-9-8(14-10-11-5-12-15-10)6-3-1-2-4-7(6)13-9/h1-5H,(H2,11,12,13,14,15,16). The van der Waals surface area contributed by atoms with Crippen molar-refractivity contribution in [2.45, 2.75) is 0 Å². The summed E-state index contributed by atoms with van der Waals surface area (Å²) in [5, 5.41) is 8.99. The summed E-state index contributed by atoms with van der Waals surface area (Å²) in [6, 6.07) is 7.38. The van der Waals surface area contributed by atoms with Crippen molar-refractivity contribution >= 4 is 23.3 Å². The van der Waals surface area contributed by atoms with E-state index < -0.39 is 0 Å². The molecule has 0 saturated heterocycles. The van der Waals surface area contributed by atoms with Crippen LogP contribution in [-0.2, 0) is 4.79 Å². The number of benzene rings is 1. The number of hydrogen-bond acceptors (Lipinski definition) is 4. The van der Waals surface area contributed by atoms with Crippen LogP contribution < -0.4 is 5.32 Å². The molecule has 1 aromatic heterocycles. The molecule has 0 bridgehead atoms. The lowest BCUT2D eigenvalue weighted by Crippen LogP contribution is -2.14. The Hall–Kier alpha value is -2.50. The number of para-hydroxylation sites is 1. The summed E-state index contributed by atoms with van der Waals surface area (Å²) in [4.78, 5) is 19.6. The summed E-state index contributed by atoms with van der Waals surface area (Å²) in [5.41, 5.74) is 1.90. The molecule has 1 aliphatic rings. The first kappa shape index (κ1) is 8.78. The molecule has 2 N–H and O–H groups in total. The van der Waals surface area contributed by atoms with Crippen LogP contribution in [0.1, 0.15) is 5.56 Å². The third-order valence-corrected chi connectivity index (χ3v) is 2.27. The number of fused-ring (bicyclic) bond motifs is 1. The predicted molar refractivity (Wildman–Crippen MR) is 57.7 cm³/mol. The minimum atomic E-state index is -0.224. The van der Waals surface area contributed by atoms with Crippen LogP contribution in [0, 0.1) is 0 Å². The molecule has 2 aromatic rings. The smallest absolute Gasteiger partial charge is 0.275 e. The number of aliphatic imine (C=N–C) groups is 1. The molecule has 0 spiro atoms. The molecule has 0 radical (unpaired) electrons. The molecular formula is C10H7N5O. The zero-order valence-corrected chi connectivity index (χ0v) is 8.14. The topological polar surface area (TPSA) is 83.0 Å². The maximum atomic E-state index is 11.7. The lowest BCUT2D eigenvalue weighted by atomic mass is 10.1. The molecule has 1 aliphatic heterocycles. The van der Waals surface area contributed by atoms with Crippen LogP contribution in [-0.4, -0.2) is 26.8 Å². The Morgan fingerprint density at radius 3 is 2.94 bits per heavy atom. The molecule has 2 heterocycles. The van der Waals surface area contributed by atoms with Gasteiger partial charge in [-0.3, -0.25) is 4.79 Å². The predicted octanol–water partition coefficient (Wildman–Crippen LogP) is 0.878. The van der Waals surface area contributed by atoms with E-state index in [1.807, 2.05) is 24.3 Å². The van der Waals surface area contributed by atoms with Gasteiger partial charge in [-0.15, -0.1) is 0 Å². The zero-order valence-electron chi connectivity index (χ0n) is 8.14. The second-order valence-corrected chi connectivity index (χ2v) is 3.27. The Balaban J connectivity index is 2.12. The highest BCUT2D eigenvalue weighted by Crippen LogP contribution is 2.23. The first-order chi connectivity index (χ1) is 7.84. The van der Waals surface area contributed by atoms with Gasteiger partial charge >= 0.3 is 0 Å². The van der Waals surface area contributed by atoms with Gasteiger partial charge in [-0.05, 0) is 6.07 Å². The minimum absolute atomic E-state index is 0.224. The molecule has 6 nitrogen and oxygen atoms in total. The highest BCUT2D eigenvalue weighted by atomic mass is 16.2. The van der Waals surface area contributed by atoms with Gasteiger partial charge < -0.3 is 5.32 Å². The van der Waals surface area contributed by atoms with E-state index >= 15 is 0 Å². The molecule has 0 atom stereocenters. The first-order valence-corrected chi connectivity index (χ1v) is 4.69. The number of nitrogens with one attached hydrogen (secondary N) is 2. The van der Waals surface area contributed by atoms with Gasteiger partial charge in [0, 0.05) is 5.56 Å². The number of carbonyl (C=O) groups excluding carboxylic acids is 1. The highest BCUT2D eigenvalue weighted by Gasteiger charge is 2.25. The van der Waals surface area contributed by atoms with E-state index in [0.29, 0.717) is 11.7 Å².